The number of ether oxygens (including phenoxy) is 1. The number of carboxylic acid groups (broad SMARTS) is 1. The van der Waals surface area contributed by atoms with Crippen LogP contribution in [0.1, 0.15) is 26.3 Å². The zero-order valence-electron chi connectivity index (χ0n) is 19.5. The Morgan fingerprint density at radius 1 is 0.865 bits per heavy atom. The number of carboxylic acids is 1. The maximum absolute atomic E-state index is 13.3. The van der Waals surface area contributed by atoms with Gasteiger partial charge in [0.05, 0.1) is 11.3 Å². The van der Waals surface area contributed by atoms with Crippen LogP contribution in [-0.4, -0.2) is 30.5 Å². The number of halogens is 3. The quantitative estimate of drug-likeness (QED) is 0.223. The molecule has 6 nitrogen and oxygen atoms in total. The van der Waals surface area contributed by atoms with Crippen LogP contribution in [0.25, 0.3) is 0 Å². The minimum Gasteiger partial charge on any atom is -0.478 e. The van der Waals surface area contributed by atoms with Crippen molar-refractivity contribution in [2.24, 2.45) is 0 Å². The molecule has 0 atom stereocenters. The second-order valence-electron chi connectivity index (χ2n) is 8.02. The third-order valence-electron chi connectivity index (χ3n) is 5.55. The predicted octanol–water partition coefficient (Wildman–Crippen LogP) is 7.38. The fourth-order valence-electron chi connectivity index (χ4n) is 3.70. The van der Waals surface area contributed by atoms with Crippen molar-refractivity contribution >= 4 is 46.1 Å². The summed E-state index contributed by atoms with van der Waals surface area (Å²) in [6.45, 7) is -3.04. The summed E-state index contributed by atoms with van der Waals surface area (Å²) in [6, 6.07) is 24.2. The second-order valence-corrected chi connectivity index (χ2v) is 8.45. The molecule has 0 aliphatic heterocycles. The summed E-state index contributed by atoms with van der Waals surface area (Å²) >= 11 is 5.96. The van der Waals surface area contributed by atoms with E-state index < -0.39 is 18.4 Å². The molecule has 0 aliphatic carbocycles. The maximum atomic E-state index is 13.3. The van der Waals surface area contributed by atoms with Crippen LogP contribution < -0.4 is 15.0 Å². The number of benzene rings is 4. The SMILES string of the molecule is CN(c1ccc(Cl)cc1)c1ccc(C(=O)c2cc(Nc3ccccc3OC(F)F)cc(C(=O)O)c2)cc1. The number of nitrogens with one attached hydrogen (secondary N) is 1. The van der Waals surface area contributed by atoms with Crippen LogP contribution in [0.4, 0.5) is 31.5 Å². The van der Waals surface area contributed by atoms with Gasteiger partial charge >= 0.3 is 12.6 Å². The minimum absolute atomic E-state index is 0.119. The number of hydrogen-bond donors (Lipinski definition) is 2. The van der Waals surface area contributed by atoms with Gasteiger partial charge in [-0.1, -0.05) is 23.7 Å². The van der Waals surface area contributed by atoms with Crippen molar-refractivity contribution in [2.75, 3.05) is 17.3 Å². The van der Waals surface area contributed by atoms with E-state index in [4.69, 9.17) is 11.6 Å². The van der Waals surface area contributed by atoms with Gasteiger partial charge in [-0.2, -0.15) is 8.78 Å². The lowest BCUT2D eigenvalue weighted by atomic mass is 10.00. The molecule has 0 bridgehead atoms. The number of carbonyl (C=O) groups is 2. The van der Waals surface area contributed by atoms with E-state index in [-0.39, 0.29) is 28.3 Å². The van der Waals surface area contributed by atoms with E-state index in [9.17, 15) is 23.5 Å². The Hall–Kier alpha value is -4.43. The maximum Gasteiger partial charge on any atom is 0.387 e. The first-order valence-electron chi connectivity index (χ1n) is 11.0. The highest BCUT2D eigenvalue weighted by molar-refractivity contribution is 6.30. The van der Waals surface area contributed by atoms with Crippen LogP contribution >= 0.6 is 11.6 Å². The lowest BCUT2D eigenvalue weighted by Crippen LogP contribution is -2.10. The molecule has 0 unspecified atom stereocenters. The van der Waals surface area contributed by atoms with Crippen molar-refractivity contribution < 1.29 is 28.2 Å². The van der Waals surface area contributed by atoms with E-state index >= 15 is 0 Å². The summed E-state index contributed by atoms with van der Waals surface area (Å²) in [5.41, 5.74) is 2.49. The minimum atomic E-state index is -3.04. The first-order valence-corrected chi connectivity index (χ1v) is 11.4. The topological polar surface area (TPSA) is 78.9 Å². The van der Waals surface area contributed by atoms with Gasteiger partial charge in [0.1, 0.15) is 5.75 Å². The fourth-order valence-corrected chi connectivity index (χ4v) is 3.82. The van der Waals surface area contributed by atoms with Crippen molar-refractivity contribution in [3.8, 4) is 5.75 Å². The molecule has 37 heavy (non-hydrogen) atoms. The van der Waals surface area contributed by atoms with Crippen LogP contribution in [0.2, 0.25) is 5.02 Å². The standard InChI is InChI=1S/C28H21ClF2N2O4/c1-33(23-12-8-20(29)9-13-23)22-10-6-17(7-11-22)26(34)18-14-19(27(35)36)16-21(15-18)32-24-4-2-3-5-25(24)37-28(30)31/h2-16,28,32H,1H3,(H,35,36). The number of nitrogens with zero attached hydrogens (tertiary/aromatic N) is 1. The Labute approximate surface area is 216 Å². The summed E-state index contributed by atoms with van der Waals surface area (Å²) in [7, 11) is 1.88. The highest BCUT2D eigenvalue weighted by Crippen LogP contribution is 2.31. The van der Waals surface area contributed by atoms with Gasteiger partial charge in [-0.3, -0.25) is 4.79 Å². The van der Waals surface area contributed by atoms with Crippen LogP contribution in [0.5, 0.6) is 5.75 Å². The van der Waals surface area contributed by atoms with Gasteiger partial charge in [0.2, 0.25) is 0 Å². The molecule has 4 aromatic carbocycles. The molecule has 0 heterocycles. The molecule has 0 fully saturated rings. The van der Waals surface area contributed by atoms with Crippen LogP contribution in [-0.2, 0) is 0 Å². The van der Waals surface area contributed by atoms with Crippen molar-refractivity contribution in [2.45, 2.75) is 6.61 Å². The Balaban J connectivity index is 1.61. The first-order chi connectivity index (χ1) is 17.7. The summed E-state index contributed by atoms with van der Waals surface area (Å²) < 4.78 is 30.1. The molecule has 4 aromatic rings. The van der Waals surface area contributed by atoms with Gasteiger partial charge in [-0.15, -0.1) is 0 Å². The number of hydrogen-bond acceptors (Lipinski definition) is 5. The van der Waals surface area contributed by atoms with Crippen LogP contribution in [0.15, 0.2) is 91.0 Å². The van der Waals surface area contributed by atoms with E-state index in [1.54, 1.807) is 42.5 Å². The van der Waals surface area contributed by atoms with E-state index in [1.165, 1.54) is 36.4 Å². The number of alkyl halides is 2. The highest BCUT2D eigenvalue weighted by Gasteiger charge is 2.16. The zero-order valence-corrected chi connectivity index (χ0v) is 20.2. The van der Waals surface area contributed by atoms with E-state index in [0.717, 1.165) is 11.4 Å². The van der Waals surface area contributed by atoms with Crippen molar-refractivity contribution in [1.29, 1.82) is 0 Å². The molecule has 0 spiro atoms. The fraction of sp³-hybridized carbons (Fsp3) is 0.0714. The first kappa shape index (κ1) is 25.7. The number of carbonyl (C=O) groups excluding carboxylic acids is 1. The summed E-state index contributed by atoms with van der Waals surface area (Å²) in [5.74, 6) is -1.76. The molecule has 188 valence electrons. The number of para-hydroxylation sites is 2. The predicted molar refractivity (Wildman–Crippen MR) is 139 cm³/mol. The molecule has 0 saturated carbocycles. The summed E-state index contributed by atoms with van der Waals surface area (Å²) in [4.78, 5) is 26.9. The van der Waals surface area contributed by atoms with Gasteiger partial charge in [-0.25, -0.2) is 4.79 Å². The molecule has 0 amide bonds. The number of aromatic carboxylic acids is 1. The third-order valence-corrected chi connectivity index (χ3v) is 5.81. The number of anilines is 4. The smallest absolute Gasteiger partial charge is 0.387 e. The summed E-state index contributed by atoms with van der Waals surface area (Å²) in [5, 5.41) is 13.1. The molecular weight excluding hydrogens is 502 g/mol. The van der Waals surface area contributed by atoms with Gasteiger partial charge in [0.25, 0.3) is 0 Å². The van der Waals surface area contributed by atoms with Gasteiger partial charge < -0.3 is 20.1 Å². The Morgan fingerprint density at radius 3 is 2.08 bits per heavy atom. The average molecular weight is 523 g/mol. The third kappa shape index (κ3) is 6.23. The average Bonchev–Trinajstić information content (AvgIpc) is 2.89. The molecule has 4 rings (SSSR count). The monoisotopic (exact) mass is 522 g/mol. The Kier molecular flexibility index (Phi) is 7.69. The Morgan fingerprint density at radius 2 is 1.46 bits per heavy atom. The van der Waals surface area contributed by atoms with Crippen molar-refractivity contribution in [3.05, 3.63) is 113 Å². The van der Waals surface area contributed by atoms with E-state index in [0.29, 0.717) is 10.6 Å². The largest absolute Gasteiger partial charge is 0.478 e. The lowest BCUT2D eigenvalue weighted by molar-refractivity contribution is -0.0493. The summed E-state index contributed by atoms with van der Waals surface area (Å²) in [6.07, 6.45) is 0. The highest BCUT2D eigenvalue weighted by atomic mass is 35.5. The van der Waals surface area contributed by atoms with Crippen molar-refractivity contribution in [3.63, 3.8) is 0 Å². The van der Waals surface area contributed by atoms with E-state index in [2.05, 4.69) is 10.1 Å². The molecule has 0 aliphatic rings. The lowest BCUT2D eigenvalue weighted by Gasteiger charge is -2.20. The van der Waals surface area contributed by atoms with E-state index in [1.807, 2.05) is 24.1 Å². The molecule has 0 saturated heterocycles. The second kappa shape index (κ2) is 11.1. The van der Waals surface area contributed by atoms with Crippen LogP contribution in [0.3, 0.4) is 0 Å². The van der Waals surface area contributed by atoms with Gasteiger partial charge in [-0.05, 0) is 78.9 Å². The molecular formula is C28H21ClF2N2O4. The molecule has 9 heteroatoms. The molecule has 0 radical (unpaired) electrons. The zero-order chi connectivity index (χ0) is 26.5. The normalized spacial score (nSPS) is 10.7. The number of ketones is 1. The van der Waals surface area contributed by atoms with Gasteiger partial charge in [0, 0.05) is 40.3 Å². The molecule has 0 aromatic heterocycles. The number of rotatable bonds is 9. The van der Waals surface area contributed by atoms with Crippen molar-refractivity contribution in [1.82, 2.24) is 0 Å². The molecule has 2 N–H and O–H groups in total. The van der Waals surface area contributed by atoms with Gasteiger partial charge in [0.15, 0.2) is 5.78 Å². The van der Waals surface area contributed by atoms with Crippen LogP contribution in [0, 0.1) is 0 Å². The Bertz CT molecular complexity index is 1430.